The lowest BCUT2D eigenvalue weighted by Crippen LogP contribution is -2.49. The van der Waals surface area contributed by atoms with Gasteiger partial charge in [0.25, 0.3) is 0 Å². The molecule has 2 fully saturated rings. The van der Waals surface area contributed by atoms with Gasteiger partial charge in [0.1, 0.15) is 5.82 Å². The second kappa shape index (κ2) is 5.25. The first-order chi connectivity index (χ1) is 9.84. The molecule has 1 aromatic rings. The Morgan fingerprint density at radius 2 is 1.86 bits per heavy atom. The third-order valence-electron chi connectivity index (χ3n) is 4.60. The lowest BCUT2D eigenvalue weighted by atomic mass is 9.99. The molecule has 6 heteroatoms. The number of nitrogens with one attached hydrogen (secondary N) is 1. The Bertz CT molecular complexity index is 633. The van der Waals surface area contributed by atoms with E-state index in [1.165, 1.54) is 18.4 Å². The molecule has 0 aromatic heterocycles. The Morgan fingerprint density at radius 3 is 2.38 bits per heavy atom. The van der Waals surface area contributed by atoms with Gasteiger partial charge in [0.15, 0.2) is 0 Å². The monoisotopic (exact) mass is 312 g/mol. The average Bonchev–Trinajstić information content (AvgIpc) is 2.66. The second-order valence-corrected chi connectivity index (χ2v) is 8.14. The van der Waals surface area contributed by atoms with Crippen LogP contribution in [0.15, 0.2) is 18.2 Å². The highest BCUT2D eigenvalue weighted by Gasteiger charge is 2.45. The van der Waals surface area contributed by atoms with E-state index in [1.807, 2.05) is 6.92 Å². The molecule has 2 unspecified atom stereocenters. The largest absolute Gasteiger partial charge is 0.382 e. The van der Waals surface area contributed by atoms with Gasteiger partial charge in [-0.1, -0.05) is 0 Å². The van der Waals surface area contributed by atoms with Crippen molar-refractivity contribution in [2.24, 2.45) is 0 Å². The normalized spacial score (nSPS) is 29.6. The Labute approximate surface area is 125 Å². The van der Waals surface area contributed by atoms with Gasteiger partial charge in [0.05, 0.1) is 6.26 Å². The number of halogens is 1. The van der Waals surface area contributed by atoms with Gasteiger partial charge in [-0.2, -0.15) is 4.31 Å². The van der Waals surface area contributed by atoms with Gasteiger partial charge in [-0.25, -0.2) is 12.8 Å². The summed E-state index contributed by atoms with van der Waals surface area (Å²) in [4.78, 5) is 0. The highest BCUT2D eigenvalue weighted by Crippen LogP contribution is 2.38. The average molecular weight is 312 g/mol. The Balaban J connectivity index is 1.73. The van der Waals surface area contributed by atoms with Gasteiger partial charge in [-0.3, -0.25) is 0 Å². The molecular weight excluding hydrogens is 291 g/mol. The highest BCUT2D eigenvalue weighted by atomic mass is 32.2. The summed E-state index contributed by atoms with van der Waals surface area (Å²) >= 11 is 0. The maximum atomic E-state index is 13.1. The number of benzene rings is 1. The third kappa shape index (κ3) is 2.92. The fraction of sp³-hybridized carbons (Fsp3) is 0.600. The number of sulfonamides is 1. The van der Waals surface area contributed by atoms with Crippen LogP contribution in [0, 0.1) is 12.7 Å². The molecule has 0 aliphatic carbocycles. The molecule has 0 saturated carbocycles. The van der Waals surface area contributed by atoms with Crippen LogP contribution in [0.4, 0.5) is 10.1 Å². The van der Waals surface area contributed by atoms with E-state index in [0.29, 0.717) is 0 Å². The van der Waals surface area contributed by atoms with Crippen LogP contribution in [0.25, 0.3) is 0 Å². The molecule has 2 bridgehead atoms. The fourth-order valence-corrected chi connectivity index (χ4v) is 5.27. The van der Waals surface area contributed by atoms with Crippen LogP contribution in [0.1, 0.15) is 31.2 Å². The van der Waals surface area contributed by atoms with Gasteiger partial charge >= 0.3 is 0 Å². The molecule has 0 radical (unpaired) electrons. The number of aryl methyl sites for hydroxylation is 1. The predicted octanol–water partition coefficient (Wildman–Crippen LogP) is 2.50. The van der Waals surface area contributed by atoms with Crippen LogP contribution in [-0.2, 0) is 10.0 Å². The van der Waals surface area contributed by atoms with Crippen LogP contribution in [0.3, 0.4) is 0 Å². The number of nitrogens with zero attached hydrogens (tertiary/aromatic N) is 1. The molecule has 2 heterocycles. The first-order valence-corrected chi connectivity index (χ1v) is 9.20. The van der Waals surface area contributed by atoms with Crippen LogP contribution in [0.5, 0.6) is 0 Å². The molecule has 4 nitrogen and oxygen atoms in total. The smallest absolute Gasteiger partial charge is 0.211 e. The van der Waals surface area contributed by atoms with Gasteiger partial charge in [0, 0.05) is 23.8 Å². The summed E-state index contributed by atoms with van der Waals surface area (Å²) in [6.07, 6.45) is 4.83. The molecule has 21 heavy (non-hydrogen) atoms. The summed E-state index contributed by atoms with van der Waals surface area (Å²) in [6, 6.07) is 5.20. The van der Waals surface area contributed by atoms with Gasteiger partial charge in [0.2, 0.25) is 10.0 Å². The molecule has 2 atom stereocenters. The lowest BCUT2D eigenvalue weighted by Gasteiger charge is -2.38. The molecule has 1 aromatic carbocycles. The molecule has 0 spiro atoms. The van der Waals surface area contributed by atoms with Crippen LogP contribution in [0.2, 0.25) is 0 Å². The van der Waals surface area contributed by atoms with Crippen molar-refractivity contribution >= 4 is 15.7 Å². The zero-order chi connectivity index (χ0) is 15.2. The molecule has 0 amide bonds. The topological polar surface area (TPSA) is 49.4 Å². The number of piperidine rings is 1. The minimum atomic E-state index is -3.12. The van der Waals surface area contributed by atoms with Crippen molar-refractivity contribution in [3.05, 3.63) is 29.6 Å². The zero-order valence-electron chi connectivity index (χ0n) is 12.3. The zero-order valence-corrected chi connectivity index (χ0v) is 13.2. The number of hydrogen-bond acceptors (Lipinski definition) is 3. The van der Waals surface area contributed by atoms with Crippen LogP contribution < -0.4 is 5.32 Å². The number of fused-ring (bicyclic) bond motifs is 2. The molecule has 3 rings (SSSR count). The van der Waals surface area contributed by atoms with Gasteiger partial charge in [-0.15, -0.1) is 0 Å². The summed E-state index contributed by atoms with van der Waals surface area (Å²) in [5, 5.41) is 3.46. The summed E-state index contributed by atoms with van der Waals surface area (Å²) in [5.74, 6) is -0.231. The lowest BCUT2D eigenvalue weighted by molar-refractivity contribution is 0.236. The van der Waals surface area contributed by atoms with Crippen molar-refractivity contribution in [2.75, 3.05) is 11.6 Å². The minimum Gasteiger partial charge on any atom is -0.382 e. The van der Waals surface area contributed by atoms with Gasteiger partial charge < -0.3 is 5.32 Å². The standard InChI is InChI=1S/C15H21FN2O2S/c1-10-7-11(16)3-6-15(10)17-12-8-13-4-5-14(9-12)18(13)21(2,19)20/h3,6-7,12-14,17H,4-5,8-9H2,1-2H3. The molecule has 1 N–H and O–H groups in total. The summed E-state index contributed by atoms with van der Waals surface area (Å²) in [6.45, 7) is 1.88. The Kier molecular flexibility index (Phi) is 3.69. The maximum absolute atomic E-state index is 13.1. The quantitative estimate of drug-likeness (QED) is 0.933. The van der Waals surface area contributed by atoms with Crippen LogP contribution in [-0.4, -0.2) is 37.1 Å². The van der Waals surface area contributed by atoms with E-state index in [2.05, 4.69) is 5.32 Å². The summed E-state index contributed by atoms with van der Waals surface area (Å²) in [5.41, 5.74) is 1.82. The Hall–Kier alpha value is -1.14. The first kappa shape index (κ1) is 14.8. The van der Waals surface area contributed by atoms with Crippen molar-refractivity contribution in [3.63, 3.8) is 0 Å². The van der Waals surface area contributed by atoms with E-state index < -0.39 is 10.0 Å². The summed E-state index contributed by atoms with van der Waals surface area (Å²) < 4.78 is 38.6. The fourth-order valence-electron chi connectivity index (χ4n) is 3.80. The highest BCUT2D eigenvalue weighted by molar-refractivity contribution is 7.88. The van der Waals surface area contributed by atoms with Crippen molar-refractivity contribution in [3.8, 4) is 0 Å². The number of hydrogen-bond donors (Lipinski definition) is 1. The van der Waals surface area contributed by atoms with E-state index in [9.17, 15) is 12.8 Å². The van der Waals surface area contributed by atoms with Crippen molar-refractivity contribution in [1.29, 1.82) is 0 Å². The minimum absolute atomic E-state index is 0.108. The maximum Gasteiger partial charge on any atom is 0.211 e. The van der Waals surface area contributed by atoms with E-state index >= 15 is 0 Å². The SMILES string of the molecule is Cc1cc(F)ccc1NC1CC2CCC(C1)N2S(C)(=O)=O. The molecule has 2 aliphatic heterocycles. The molecule has 2 aliphatic rings. The van der Waals surface area contributed by atoms with E-state index in [1.54, 1.807) is 10.4 Å². The van der Waals surface area contributed by atoms with E-state index in [0.717, 1.165) is 36.9 Å². The molecule has 2 saturated heterocycles. The van der Waals surface area contributed by atoms with Crippen molar-refractivity contribution < 1.29 is 12.8 Å². The predicted molar refractivity (Wildman–Crippen MR) is 81.3 cm³/mol. The van der Waals surface area contributed by atoms with E-state index in [4.69, 9.17) is 0 Å². The Morgan fingerprint density at radius 1 is 1.24 bits per heavy atom. The van der Waals surface area contributed by atoms with Crippen molar-refractivity contribution in [1.82, 2.24) is 4.31 Å². The summed E-state index contributed by atoms with van der Waals surface area (Å²) in [7, 11) is -3.12. The third-order valence-corrected chi connectivity index (χ3v) is 5.96. The second-order valence-electron chi connectivity index (χ2n) is 6.25. The van der Waals surface area contributed by atoms with Gasteiger partial charge in [-0.05, 0) is 56.4 Å². The number of rotatable bonds is 3. The molecule has 116 valence electrons. The van der Waals surface area contributed by atoms with Crippen LogP contribution >= 0.6 is 0 Å². The van der Waals surface area contributed by atoms with E-state index in [-0.39, 0.29) is 23.9 Å². The number of anilines is 1. The first-order valence-electron chi connectivity index (χ1n) is 7.36. The molecular formula is C15H21FN2O2S. The van der Waals surface area contributed by atoms with Crippen molar-refractivity contribution in [2.45, 2.75) is 50.7 Å².